The van der Waals surface area contributed by atoms with E-state index in [0.29, 0.717) is 6.42 Å². The van der Waals surface area contributed by atoms with Gasteiger partial charge in [0.2, 0.25) is 0 Å². The lowest BCUT2D eigenvalue weighted by Gasteiger charge is -2.27. The molecule has 0 aliphatic carbocycles. The van der Waals surface area contributed by atoms with Gasteiger partial charge in [-0.05, 0) is 61.9 Å². The number of benzene rings is 2. The van der Waals surface area contributed by atoms with E-state index in [1.807, 2.05) is 24.3 Å². The zero-order valence-electron chi connectivity index (χ0n) is 18.7. The highest BCUT2D eigenvalue weighted by molar-refractivity contribution is 5.96. The number of hydrogen-bond donors (Lipinski definition) is 1. The topological polar surface area (TPSA) is 66.8 Å². The van der Waals surface area contributed by atoms with E-state index >= 15 is 0 Å². The number of imide groups is 1. The molecular weight excluding hydrogens is 390 g/mol. The van der Waals surface area contributed by atoms with E-state index in [-0.39, 0.29) is 6.42 Å². The van der Waals surface area contributed by atoms with E-state index in [1.165, 1.54) is 0 Å². The summed E-state index contributed by atoms with van der Waals surface area (Å²) < 4.78 is 5.42. The summed E-state index contributed by atoms with van der Waals surface area (Å²) >= 11 is 0. The molecule has 1 aliphatic heterocycles. The molecule has 1 N–H and O–H groups in total. The molecule has 2 aromatic rings. The van der Waals surface area contributed by atoms with Crippen molar-refractivity contribution in [3.05, 3.63) is 65.7 Å². The summed E-state index contributed by atoms with van der Waals surface area (Å²) in [6, 6.07) is 15.9. The molecule has 5 heteroatoms. The Balaban J connectivity index is 1.91. The predicted octanol–water partition coefficient (Wildman–Crippen LogP) is 5.22. The number of nitrogens with zero attached hydrogens (tertiary/aromatic N) is 1. The highest BCUT2D eigenvalue weighted by Crippen LogP contribution is 2.29. The Hall–Kier alpha value is -2.92. The molecule has 1 heterocycles. The van der Waals surface area contributed by atoms with Gasteiger partial charge in [0.25, 0.3) is 5.91 Å². The SMILES string of the molecule is CCC=Cc1cc(-c2ccccc2)ccc1CC1CC(O)C(=O)N1C(=O)OC(C)(C)C. The maximum absolute atomic E-state index is 12.7. The van der Waals surface area contributed by atoms with Crippen LogP contribution < -0.4 is 0 Å². The van der Waals surface area contributed by atoms with Crippen LogP contribution in [0.2, 0.25) is 0 Å². The van der Waals surface area contributed by atoms with Crippen molar-refractivity contribution in [2.75, 3.05) is 0 Å². The third kappa shape index (κ3) is 5.61. The Bertz CT molecular complexity index is 959. The van der Waals surface area contributed by atoms with E-state index in [9.17, 15) is 14.7 Å². The molecule has 0 bridgehead atoms. The van der Waals surface area contributed by atoms with Gasteiger partial charge in [-0.25, -0.2) is 9.69 Å². The molecule has 2 amide bonds. The summed E-state index contributed by atoms with van der Waals surface area (Å²) in [7, 11) is 0. The zero-order valence-corrected chi connectivity index (χ0v) is 18.7. The number of amides is 2. The van der Waals surface area contributed by atoms with Crippen LogP contribution in [0.5, 0.6) is 0 Å². The molecule has 5 nitrogen and oxygen atoms in total. The third-order valence-electron chi connectivity index (χ3n) is 5.21. The van der Waals surface area contributed by atoms with Crippen LogP contribution in [-0.2, 0) is 16.0 Å². The molecule has 0 radical (unpaired) electrons. The highest BCUT2D eigenvalue weighted by Gasteiger charge is 2.44. The first kappa shape index (κ1) is 22.8. The second-order valence-corrected chi connectivity index (χ2v) is 8.89. The molecular formula is C26H31NO4. The summed E-state index contributed by atoms with van der Waals surface area (Å²) in [4.78, 5) is 26.3. The molecule has 1 saturated heterocycles. The first-order valence-electron chi connectivity index (χ1n) is 10.8. The van der Waals surface area contributed by atoms with Gasteiger partial charge in [0.1, 0.15) is 11.7 Å². The first-order valence-corrected chi connectivity index (χ1v) is 10.8. The Labute approximate surface area is 184 Å². The van der Waals surface area contributed by atoms with Crippen LogP contribution in [0.25, 0.3) is 17.2 Å². The van der Waals surface area contributed by atoms with Crippen LogP contribution in [0.3, 0.4) is 0 Å². The second-order valence-electron chi connectivity index (χ2n) is 8.89. The fourth-order valence-electron chi connectivity index (χ4n) is 3.77. The van der Waals surface area contributed by atoms with E-state index in [4.69, 9.17) is 4.74 Å². The molecule has 0 aromatic heterocycles. The summed E-state index contributed by atoms with van der Waals surface area (Å²) in [5.41, 5.74) is 3.57. The number of carbonyl (C=O) groups is 2. The molecule has 31 heavy (non-hydrogen) atoms. The monoisotopic (exact) mass is 421 g/mol. The van der Waals surface area contributed by atoms with Gasteiger partial charge in [0.05, 0.1) is 6.04 Å². The minimum atomic E-state index is -1.18. The van der Waals surface area contributed by atoms with E-state index in [1.54, 1.807) is 20.8 Å². The number of rotatable bonds is 5. The lowest BCUT2D eigenvalue weighted by Crippen LogP contribution is -2.44. The number of allylic oxidation sites excluding steroid dienone is 1. The molecule has 2 atom stereocenters. The van der Waals surface area contributed by atoms with Gasteiger partial charge in [-0.3, -0.25) is 4.79 Å². The fourth-order valence-corrected chi connectivity index (χ4v) is 3.77. The molecule has 3 rings (SSSR count). The molecule has 0 saturated carbocycles. The van der Waals surface area contributed by atoms with Crippen molar-refractivity contribution in [2.24, 2.45) is 0 Å². The average molecular weight is 422 g/mol. The summed E-state index contributed by atoms with van der Waals surface area (Å²) in [5, 5.41) is 10.2. The largest absolute Gasteiger partial charge is 0.443 e. The van der Waals surface area contributed by atoms with E-state index < -0.39 is 29.7 Å². The van der Waals surface area contributed by atoms with E-state index in [0.717, 1.165) is 33.6 Å². The smallest absolute Gasteiger partial charge is 0.417 e. The number of aliphatic hydroxyl groups excluding tert-OH is 1. The van der Waals surface area contributed by atoms with Gasteiger partial charge in [0.15, 0.2) is 0 Å². The van der Waals surface area contributed by atoms with E-state index in [2.05, 4.69) is 43.3 Å². The molecule has 1 aliphatic rings. The predicted molar refractivity (Wildman–Crippen MR) is 122 cm³/mol. The third-order valence-corrected chi connectivity index (χ3v) is 5.21. The number of carbonyl (C=O) groups excluding carboxylic acids is 2. The van der Waals surface area contributed by atoms with Gasteiger partial charge in [-0.2, -0.15) is 0 Å². The van der Waals surface area contributed by atoms with Gasteiger partial charge < -0.3 is 9.84 Å². The Morgan fingerprint density at radius 2 is 1.87 bits per heavy atom. The number of aliphatic hydroxyl groups is 1. The molecule has 1 fully saturated rings. The maximum Gasteiger partial charge on any atom is 0.417 e. The van der Waals surface area contributed by atoms with Crippen molar-refractivity contribution < 1.29 is 19.4 Å². The quantitative estimate of drug-likeness (QED) is 0.719. The average Bonchev–Trinajstić information content (AvgIpc) is 3.00. The van der Waals surface area contributed by atoms with Crippen molar-refractivity contribution in [2.45, 2.75) is 64.7 Å². The van der Waals surface area contributed by atoms with Crippen molar-refractivity contribution in [1.82, 2.24) is 4.90 Å². The second kappa shape index (κ2) is 9.48. The first-order chi connectivity index (χ1) is 14.7. The zero-order chi connectivity index (χ0) is 22.6. The lowest BCUT2D eigenvalue weighted by molar-refractivity contribution is -0.134. The molecule has 2 aromatic carbocycles. The number of likely N-dealkylation sites (tertiary alicyclic amines) is 1. The fraction of sp³-hybridized carbons (Fsp3) is 0.385. The van der Waals surface area contributed by atoms with Crippen LogP contribution in [0.15, 0.2) is 54.6 Å². The normalized spacial score (nSPS) is 19.3. The summed E-state index contributed by atoms with van der Waals surface area (Å²) in [6.07, 6.45) is 3.84. The van der Waals surface area contributed by atoms with Crippen molar-refractivity contribution >= 4 is 18.1 Å². The summed E-state index contributed by atoms with van der Waals surface area (Å²) in [5.74, 6) is -0.592. The van der Waals surface area contributed by atoms with Gasteiger partial charge in [0, 0.05) is 6.42 Å². The van der Waals surface area contributed by atoms with Gasteiger partial charge >= 0.3 is 6.09 Å². The molecule has 2 unspecified atom stereocenters. The number of ether oxygens (including phenoxy) is 1. The van der Waals surface area contributed by atoms with Crippen LogP contribution in [0, 0.1) is 0 Å². The minimum absolute atomic E-state index is 0.204. The molecule has 164 valence electrons. The molecule has 0 spiro atoms. The van der Waals surface area contributed by atoms with Crippen LogP contribution in [-0.4, -0.2) is 39.8 Å². The highest BCUT2D eigenvalue weighted by atomic mass is 16.6. The Morgan fingerprint density at radius 1 is 1.16 bits per heavy atom. The van der Waals surface area contributed by atoms with Gasteiger partial charge in [-0.15, -0.1) is 0 Å². The van der Waals surface area contributed by atoms with Crippen LogP contribution in [0.4, 0.5) is 4.79 Å². The maximum atomic E-state index is 12.7. The minimum Gasteiger partial charge on any atom is -0.443 e. The standard InChI is InChI=1S/C26H31NO4/c1-5-6-10-19-15-20(18-11-8-7-9-12-18)13-14-21(19)16-22-17-23(28)24(29)27(22)25(30)31-26(2,3)4/h6-15,22-23,28H,5,16-17H2,1-4H3. The van der Waals surface area contributed by atoms with Crippen molar-refractivity contribution in [3.8, 4) is 11.1 Å². The van der Waals surface area contributed by atoms with Crippen LogP contribution in [0.1, 0.15) is 51.7 Å². The van der Waals surface area contributed by atoms with Gasteiger partial charge in [-0.1, -0.05) is 61.5 Å². The summed E-state index contributed by atoms with van der Waals surface area (Å²) in [6.45, 7) is 7.35. The number of hydrogen-bond acceptors (Lipinski definition) is 4. The Morgan fingerprint density at radius 3 is 2.52 bits per heavy atom. The van der Waals surface area contributed by atoms with Crippen LogP contribution >= 0.6 is 0 Å². The van der Waals surface area contributed by atoms with Crippen molar-refractivity contribution in [3.63, 3.8) is 0 Å². The lowest BCUT2D eigenvalue weighted by atomic mass is 9.94. The van der Waals surface area contributed by atoms with Crippen molar-refractivity contribution in [1.29, 1.82) is 0 Å². The Kier molecular flexibility index (Phi) is 6.96.